The van der Waals surface area contributed by atoms with Gasteiger partial charge in [0.15, 0.2) is 5.89 Å². The number of hydrogen-bond donors (Lipinski definition) is 0. The Hall–Kier alpha value is -2.83. The van der Waals surface area contributed by atoms with Crippen molar-refractivity contribution in [2.45, 2.75) is 39.7 Å². The zero-order chi connectivity index (χ0) is 19.5. The van der Waals surface area contributed by atoms with E-state index >= 15 is 0 Å². The first-order chi connectivity index (χ1) is 13.6. The number of nitrogens with zero attached hydrogens (tertiary/aromatic N) is 4. The van der Waals surface area contributed by atoms with Gasteiger partial charge in [-0.15, -0.1) is 0 Å². The number of imidazole rings is 1. The summed E-state index contributed by atoms with van der Waals surface area (Å²) in [6.07, 6.45) is 4.39. The molecule has 3 heterocycles. The molecule has 0 aliphatic carbocycles. The van der Waals surface area contributed by atoms with Crippen molar-refractivity contribution in [3.8, 4) is 0 Å². The Labute approximate surface area is 164 Å². The zero-order valence-corrected chi connectivity index (χ0v) is 16.4. The highest BCUT2D eigenvalue weighted by Gasteiger charge is 2.25. The van der Waals surface area contributed by atoms with E-state index in [1.807, 2.05) is 32.0 Å². The van der Waals surface area contributed by atoms with Crippen LogP contribution < -0.4 is 0 Å². The molecule has 0 radical (unpaired) electrons. The quantitative estimate of drug-likeness (QED) is 0.671. The number of aromatic nitrogens is 3. The van der Waals surface area contributed by atoms with Gasteiger partial charge in [-0.25, -0.2) is 14.8 Å². The lowest BCUT2D eigenvalue weighted by Crippen LogP contribution is -2.39. The summed E-state index contributed by atoms with van der Waals surface area (Å²) in [5.41, 5.74) is 2.10. The number of amides is 1. The van der Waals surface area contributed by atoms with Gasteiger partial charge in [-0.05, 0) is 37.8 Å². The minimum atomic E-state index is -0.200. The van der Waals surface area contributed by atoms with Crippen LogP contribution in [0.3, 0.4) is 0 Å². The monoisotopic (exact) mass is 382 g/mol. The first kappa shape index (κ1) is 18.5. The molecular formula is C21H26N4O3. The van der Waals surface area contributed by atoms with Crippen LogP contribution >= 0.6 is 0 Å². The number of carbonyl (C=O) groups is 1. The van der Waals surface area contributed by atoms with Crippen molar-refractivity contribution in [3.05, 3.63) is 47.9 Å². The van der Waals surface area contributed by atoms with E-state index in [4.69, 9.17) is 14.1 Å². The Morgan fingerprint density at radius 2 is 2.07 bits per heavy atom. The van der Waals surface area contributed by atoms with E-state index in [1.165, 1.54) is 0 Å². The third-order valence-corrected chi connectivity index (χ3v) is 5.33. The number of carbonyl (C=O) groups excluding carboxylic acids is 1. The topological polar surface area (TPSA) is 73.4 Å². The van der Waals surface area contributed by atoms with E-state index in [2.05, 4.69) is 15.6 Å². The Bertz CT molecular complexity index is 954. The van der Waals surface area contributed by atoms with E-state index < -0.39 is 0 Å². The second kappa shape index (κ2) is 8.04. The van der Waals surface area contributed by atoms with Crippen LogP contribution in [0.4, 0.5) is 4.79 Å². The predicted octanol–water partition coefficient (Wildman–Crippen LogP) is 3.79. The maximum absolute atomic E-state index is 11.9. The number of ether oxygens (including phenoxy) is 1. The number of rotatable bonds is 5. The van der Waals surface area contributed by atoms with Gasteiger partial charge < -0.3 is 18.6 Å². The fourth-order valence-corrected chi connectivity index (χ4v) is 3.88. The maximum Gasteiger partial charge on any atom is 0.409 e. The normalized spacial score (nSPS) is 15.3. The molecule has 7 heteroatoms. The van der Waals surface area contributed by atoms with Gasteiger partial charge in [0.1, 0.15) is 11.6 Å². The van der Waals surface area contributed by atoms with Crippen LogP contribution in [0.1, 0.15) is 37.2 Å². The zero-order valence-electron chi connectivity index (χ0n) is 16.4. The Morgan fingerprint density at radius 3 is 2.79 bits per heavy atom. The SMILES string of the molecule is CCOC(=O)N1CCC(Cc2nc3ccccc3n2Cc2cnc(C)o2)CC1. The molecule has 4 rings (SSSR count). The van der Waals surface area contributed by atoms with E-state index in [9.17, 15) is 4.79 Å². The molecule has 0 atom stereocenters. The molecular weight excluding hydrogens is 356 g/mol. The van der Waals surface area contributed by atoms with E-state index in [0.29, 0.717) is 25.0 Å². The van der Waals surface area contributed by atoms with Crippen molar-refractivity contribution < 1.29 is 13.9 Å². The number of piperidine rings is 1. The number of benzene rings is 1. The lowest BCUT2D eigenvalue weighted by atomic mass is 9.93. The third-order valence-electron chi connectivity index (χ3n) is 5.33. The van der Waals surface area contributed by atoms with Gasteiger partial charge in [0.25, 0.3) is 0 Å². The van der Waals surface area contributed by atoms with Gasteiger partial charge in [0.2, 0.25) is 0 Å². The number of para-hydroxylation sites is 2. The van der Waals surface area contributed by atoms with E-state index in [1.54, 1.807) is 11.1 Å². The van der Waals surface area contributed by atoms with Crippen molar-refractivity contribution in [1.29, 1.82) is 0 Å². The molecule has 0 bridgehead atoms. The number of oxazole rings is 1. The van der Waals surface area contributed by atoms with Crippen LogP contribution in [0.15, 0.2) is 34.9 Å². The highest BCUT2D eigenvalue weighted by molar-refractivity contribution is 5.76. The average molecular weight is 382 g/mol. The van der Waals surface area contributed by atoms with Crippen molar-refractivity contribution >= 4 is 17.1 Å². The number of aryl methyl sites for hydroxylation is 1. The highest BCUT2D eigenvalue weighted by atomic mass is 16.6. The second-order valence-corrected chi connectivity index (χ2v) is 7.28. The molecule has 1 aliphatic rings. The summed E-state index contributed by atoms with van der Waals surface area (Å²) in [6, 6.07) is 8.19. The summed E-state index contributed by atoms with van der Waals surface area (Å²) in [6.45, 7) is 6.22. The van der Waals surface area contributed by atoms with Crippen molar-refractivity contribution in [1.82, 2.24) is 19.4 Å². The first-order valence-corrected chi connectivity index (χ1v) is 9.91. The molecule has 3 aromatic rings. The third kappa shape index (κ3) is 3.88. The molecule has 28 heavy (non-hydrogen) atoms. The van der Waals surface area contributed by atoms with Crippen molar-refractivity contribution in [2.75, 3.05) is 19.7 Å². The summed E-state index contributed by atoms with van der Waals surface area (Å²) in [4.78, 5) is 22.8. The van der Waals surface area contributed by atoms with Crippen molar-refractivity contribution in [2.24, 2.45) is 5.92 Å². The fourth-order valence-electron chi connectivity index (χ4n) is 3.88. The van der Waals surface area contributed by atoms with Crippen LogP contribution in [-0.4, -0.2) is 45.2 Å². The van der Waals surface area contributed by atoms with E-state index in [0.717, 1.165) is 55.0 Å². The van der Waals surface area contributed by atoms with Gasteiger partial charge in [-0.2, -0.15) is 0 Å². The molecule has 0 unspecified atom stereocenters. The largest absolute Gasteiger partial charge is 0.450 e. The van der Waals surface area contributed by atoms with Gasteiger partial charge in [-0.1, -0.05) is 12.1 Å². The Morgan fingerprint density at radius 1 is 1.29 bits per heavy atom. The second-order valence-electron chi connectivity index (χ2n) is 7.28. The average Bonchev–Trinajstić information content (AvgIpc) is 3.26. The molecule has 2 aromatic heterocycles. The molecule has 7 nitrogen and oxygen atoms in total. The van der Waals surface area contributed by atoms with Gasteiger partial charge in [-0.3, -0.25) is 0 Å². The molecule has 1 aliphatic heterocycles. The van der Waals surface area contributed by atoms with Crippen LogP contribution in [0.5, 0.6) is 0 Å². The molecule has 1 fully saturated rings. The molecule has 148 valence electrons. The maximum atomic E-state index is 11.9. The van der Waals surface area contributed by atoms with Crippen molar-refractivity contribution in [3.63, 3.8) is 0 Å². The summed E-state index contributed by atoms with van der Waals surface area (Å²) >= 11 is 0. The standard InChI is InChI=1S/C21H26N4O3/c1-3-27-21(26)24-10-8-16(9-11-24)12-20-23-18-6-4-5-7-19(18)25(20)14-17-13-22-15(2)28-17/h4-7,13,16H,3,8-12,14H2,1-2H3. The number of likely N-dealkylation sites (tertiary alicyclic amines) is 1. The van der Waals surface area contributed by atoms with Gasteiger partial charge >= 0.3 is 6.09 Å². The van der Waals surface area contributed by atoms with Gasteiger partial charge in [0.05, 0.1) is 30.4 Å². The van der Waals surface area contributed by atoms with Crippen LogP contribution in [0.25, 0.3) is 11.0 Å². The molecule has 0 N–H and O–H groups in total. The van der Waals surface area contributed by atoms with Crippen LogP contribution in [0, 0.1) is 12.8 Å². The molecule has 1 aromatic carbocycles. The van der Waals surface area contributed by atoms with Gasteiger partial charge in [0, 0.05) is 26.4 Å². The fraction of sp³-hybridized carbons (Fsp3) is 0.476. The summed E-state index contributed by atoms with van der Waals surface area (Å²) in [5.74, 6) is 3.06. The predicted molar refractivity (Wildman–Crippen MR) is 105 cm³/mol. The smallest absolute Gasteiger partial charge is 0.409 e. The summed E-state index contributed by atoms with van der Waals surface area (Å²) in [7, 11) is 0. The number of fused-ring (bicyclic) bond motifs is 1. The molecule has 1 amide bonds. The molecule has 1 saturated heterocycles. The Kier molecular flexibility index (Phi) is 5.32. The van der Waals surface area contributed by atoms with Crippen LogP contribution in [0.2, 0.25) is 0 Å². The summed E-state index contributed by atoms with van der Waals surface area (Å²) < 4.78 is 13.0. The summed E-state index contributed by atoms with van der Waals surface area (Å²) in [5, 5.41) is 0. The number of hydrogen-bond acceptors (Lipinski definition) is 5. The minimum absolute atomic E-state index is 0.200. The first-order valence-electron chi connectivity index (χ1n) is 9.91. The highest BCUT2D eigenvalue weighted by Crippen LogP contribution is 2.25. The van der Waals surface area contributed by atoms with Crippen LogP contribution in [-0.2, 0) is 17.7 Å². The molecule has 0 saturated carbocycles. The minimum Gasteiger partial charge on any atom is -0.450 e. The lowest BCUT2D eigenvalue weighted by molar-refractivity contribution is 0.0916. The lowest BCUT2D eigenvalue weighted by Gasteiger charge is -2.31. The van der Waals surface area contributed by atoms with E-state index in [-0.39, 0.29) is 6.09 Å². The Balaban J connectivity index is 1.51. The molecule has 0 spiro atoms.